The van der Waals surface area contributed by atoms with Crippen molar-refractivity contribution >= 4 is 30.5 Å². The lowest BCUT2D eigenvalue weighted by molar-refractivity contribution is -0.137. The summed E-state index contributed by atoms with van der Waals surface area (Å²) in [6.07, 6.45) is -3.37. The summed E-state index contributed by atoms with van der Waals surface area (Å²) in [6, 6.07) is 0. The molecule has 16 heavy (non-hydrogen) atoms. The summed E-state index contributed by atoms with van der Waals surface area (Å²) in [5.74, 6) is 0. The number of hydrogen-bond acceptors (Lipinski definition) is 3. The Morgan fingerprint density at radius 1 is 1.31 bits per heavy atom. The summed E-state index contributed by atoms with van der Waals surface area (Å²) in [6.45, 7) is 1.19. The fourth-order valence-corrected chi connectivity index (χ4v) is 1.15. The van der Waals surface area contributed by atoms with E-state index in [-0.39, 0.29) is 48.3 Å². The van der Waals surface area contributed by atoms with Gasteiger partial charge in [0.2, 0.25) is 0 Å². The van der Waals surface area contributed by atoms with Gasteiger partial charge in [-0.2, -0.15) is 13.2 Å². The Labute approximate surface area is 103 Å². The van der Waals surface area contributed by atoms with E-state index < -0.39 is 11.7 Å². The third-order valence-electron chi connectivity index (χ3n) is 1.90. The Morgan fingerprint density at radius 2 is 1.81 bits per heavy atom. The van der Waals surface area contributed by atoms with Crippen LogP contribution in [0.5, 0.6) is 0 Å². The Morgan fingerprint density at radius 3 is 2.19 bits per heavy atom. The molecule has 8 heteroatoms. The minimum atomic E-state index is -4.48. The second kappa shape index (κ2) is 6.12. The Hall–Kier alpha value is -0.720. The van der Waals surface area contributed by atoms with E-state index in [1.165, 1.54) is 6.92 Å². The minimum Gasteiger partial charge on any atom is -0.397 e. The summed E-state index contributed by atoms with van der Waals surface area (Å²) < 4.78 is 37.5. The molecule has 4 N–H and O–H groups in total. The lowest BCUT2D eigenvalue weighted by Crippen LogP contribution is -2.16. The molecule has 0 fully saturated rings. The Kier molecular flexibility index (Phi) is 6.76. The lowest BCUT2D eigenvalue weighted by atomic mass is 10.1. The van der Waals surface area contributed by atoms with Crippen molar-refractivity contribution in [2.45, 2.75) is 19.6 Å². The highest BCUT2D eigenvalue weighted by Gasteiger charge is 2.36. The minimum absolute atomic E-state index is 0. The summed E-state index contributed by atoms with van der Waals surface area (Å²) in [7, 11) is 0. The van der Waals surface area contributed by atoms with Crippen LogP contribution in [0.4, 0.5) is 18.9 Å². The number of aryl methyl sites for hydroxylation is 1. The second-order valence-corrected chi connectivity index (χ2v) is 2.86. The van der Waals surface area contributed by atoms with Crippen LogP contribution in [0.3, 0.4) is 0 Å². The number of halogens is 5. The molecule has 1 rings (SSSR count). The van der Waals surface area contributed by atoms with Gasteiger partial charge in [-0.05, 0) is 12.5 Å². The van der Waals surface area contributed by atoms with Crippen LogP contribution in [0.25, 0.3) is 0 Å². The molecule has 0 aliphatic heterocycles. The summed E-state index contributed by atoms with van der Waals surface area (Å²) in [5.41, 5.74) is 9.34. The van der Waals surface area contributed by atoms with Crippen LogP contribution in [-0.2, 0) is 12.7 Å². The largest absolute Gasteiger partial charge is 0.418 e. The van der Waals surface area contributed by atoms with Gasteiger partial charge in [-0.3, -0.25) is 4.98 Å². The van der Waals surface area contributed by atoms with E-state index in [1.807, 2.05) is 0 Å². The van der Waals surface area contributed by atoms with Crippen molar-refractivity contribution in [1.82, 2.24) is 4.98 Å². The zero-order chi connectivity index (χ0) is 10.9. The van der Waals surface area contributed by atoms with Gasteiger partial charge in [-0.25, -0.2) is 0 Å². The quantitative estimate of drug-likeness (QED) is 0.828. The van der Waals surface area contributed by atoms with E-state index in [4.69, 9.17) is 11.5 Å². The van der Waals surface area contributed by atoms with Gasteiger partial charge in [-0.15, -0.1) is 24.8 Å². The van der Waals surface area contributed by atoms with Gasteiger partial charge in [0.1, 0.15) is 0 Å². The number of aromatic nitrogens is 1. The Bertz CT molecular complexity index is 355. The molecular weight excluding hydrogens is 266 g/mol. The van der Waals surface area contributed by atoms with Gasteiger partial charge in [0.15, 0.2) is 0 Å². The number of nitrogens with two attached hydrogens (primary N) is 2. The normalized spacial score (nSPS) is 10.3. The van der Waals surface area contributed by atoms with Gasteiger partial charge >= 0.3 is 6.18 Å². The van der Waals surface area contributed by atoms with E-state index in [9.17, 15) is 13.2 Å². The smallest absolute Gasteiger partial charge is 0.397 e. The molecule has 0 atom stereocenters. The number of hydrogen-bond donors (Lipinski definition) is 2. The fourth-order valence-electron chi connectivity index (χ4n) is 1.15. The first-order valence-electron chi connectivity index (χ1n) is 3.89. The number of pyridine rings is 1. The molecule has 0 saturated heterocycles. The highest BCUT2D eigenvalue weighted by Crippen LogP contribution is 2.36. The number of nitrogen functional groups attached to an aromatic ring is 1. The maximum Gasteiger partial charge on any atom is 0.418 e. The molecule has 0 spiro atoms. The van der Waals surface area contributed by atoms with Crippen LogP contribution in [-0.4, -0.2) is 4.98 Å². The second-order valence-electron chi connectivity index (χ2n) is 2.86. The van der Waals surface area contributed by atoms with E-state index in [1.54, 1.807) is 0 Å². The predicted octanol–water partition coefficient (Wildman–Crippen LogP) is 2.29. The molecule has 1 aromatic heterocycles. The molecule has 0 amide bonds. The monoisotopic (exact) mass is 277 g/mol. The first-order chi connectivity index (χ1) is 6.38. The van der Waals surface area contributed by atoms with E-state index in [2.05, 4.69) is 4.98 Å². The zero-order valence-electron chi connectivity index (χ0n) is 8.34. The summed E-state index contributed by atoms with van der Waals surface area (Å²) >= 11 is 0. The van der Waals surface area contributed by atoms with Crippen LogP contribution in [0.2, 0.25) is 0 Å². The van der Waals surface area contributed by atoms with Crippen molar-refractivity contribution in [2.75, 3.05) is 5.73 Å². The van der Waals surface area contributed by atoms with Crippen molar-refractivity contribution in [3.05, 3.63) is 23.0 Å². The molecule has 0 aliphatic carbocycles. The van der Waals surface area contributed by atoms with Gasteiger partial charge in [0, 0.05) is 12.7 Å². The van der Waals surface area contributed by atoms with Crippen molar-refractivity contribution in [3.63, 3.8) is 0 Å². The van der Waals surface area contributed by atoms with Gasteiger partial charge in [-0.1, -0.05) is 0 Å². The molecule has 3 nitrogen and oxygen atoms in total. The third-order valence-corrected chi connectivity index (χ3v) is 1.90. The van der Waals surface area contributed by atoms with Crippen LogP contribution in [0.15, 0.2) is 6.20 Å². The molecular formula is C8H12Cl2F3N3. The zero-order valence-corrected chi connectivity index (χ0v) is 9.97. The molecule has 0 aromatic carbocycles. The highest BCUT2D eigenvalue weighted by molar-refractivity contribution is 5.85. The SMILES string of the molecule is Cc1ncc(CN)c(C(F)(F)F)c1N.Cl.Cl. The molecule has 0 bridgehead atoms. The first-order valence-corrected chi connectivity index (χ1v) is 3.89. The average molecular weight is 278 g/mol. The topological polar surface area (TPSA) is 64.9 Å². The molecule has 94 valence electrons. The van der Waals surface area contributed by atoms with Crippen molar-refractivity contribution in [2.24, 2.45) is 5.73 Å². The molecule has 0 radical (unpaired) electrons. The average Bonchev–Trinajstić information content (AvgIpc) is 2.07. The van der Waals surface area contributed by atoms with E-state index >= 15 is 0 Å². The van der Waals surface area contributed by atoms with E-state index in [0.29, 0.717) is 0 Å². The fraction of sp³-hybridized carbons (Fsp3) is 0.375. The Balaban J connectivity index is 0. The van der Waals surface area contributed by atoms with E-state index in [0.717, 1.165) is 6.20 Å². The molecule has 1 heterocycles. The van der Waals surface area contributed by atoms with Crippen molar-refractivity contribution < 1.29 is 13.2 Å². The van der Waals surface area contributed by atoms with Crippen LogP contribution in [0.1, 0.15) is 16.8 Å². The molecule has 0 unspecified atom stereocenters. The standard InChI is InChI=1S/C8H10F3N3.2ClH/c1-4-7(13)6(8(9,10)11)5(2-12)3-14-4;;/h3H,2,12-13H2,1H3;2*1H. The van der Waals surface area contributed by atoms with Gasteiger partial charge in [0.05, 0.1) is 16.9 Å². The van der Waals surface area contributed by atoms with Crippen LogP contribution in [0, 0.1) is 6.92 Å². The third kappa shape index (κ3) is 3.40. The number of rotatable bonds is 1. The maximum absolute atomic E-state index is 12.5. The molecule has 0 aliphatic rings. The predicted molar refractivity (Wildman–Crippen MR) is 60.8 cm³/mol. The van der Waals surface area contributed by atoms with Crippen molar-refractivity contribution in [3.8, 4) is 0 Å². The maximum atomic E-state index is 12.5. The van der Waals surface area contributed by atoms with Gasteiger partial charge < -0.3 is 11.5 Å². The number of alkyl halides is 3. The number of nitrogens with zero attached hydrogens (tertiary/aromatic N) is 1. The van der Waals surface area contributed by atoms with Crippen molar-refractivity contribution in [1.29, 1.82) is 0 Å². The molecule has 1 aromatic rings. The summed E-state index contributed by atoms with van der Waals surface area (Å²) in [4.78, 5) is 3.72. The van der Waals surface area contributed by atoms with Gasteiger partial charge in [0.25, 0.3) is 0 Å². The molecule has 0 saturated carbocycles. The highest BCUT2D eigenvalue weighted by atomic mass is 35.5. The van der Waals surface area contributed by atoms with Crippen LogP contribution >= 0.6 is 24.8 Å². The summed E-state index contributed by atoms with van der Waals surface area (Å²) in [5, 5.41) is 0. The first kappa shape index (κ1) is 17.7. The van der Waals surface area contributed by atoms with Crippen LogP contribution < -0.4 is 11.5 Å². The number of anilines is 1. The lowest BCUT2D eigenvalue weighted by Gasteiger charge is -2.15.